The van der Waals surface area contributed by atoms with Gasteiger partial charge in [-0.25, -0.2) is 4.79 Å². The van der Waals surface area contributed by atoms with Gasteiger partial charge < -0.3 is 9.40 Å². The highest BCUT2D eigenvalue weighted by Gasteiger charge is 2.14. The molecule has 0 aliphatic carbocycles. The topological polar surface area (TPSA) is 43.6 Å². The summed E-state index contributed by atoms with van der Waals surface area (Å²) in [5, 5.41) is 6.51. The summed E-state index contributed by atoms with van der Waals surface area (Å²) in [6, 6.07) is 24.4. The molecule has 134 valence electrons. The number of oxime groups is 1. The van der Waals surface area contributed by atoms with Crippen LogP contribution in [0, 0.1) is 0 Å². The number of hydrogen-bond donors (Lipinski definition) is 0. The van der Waals surface area contributed by atoms with Crippen LogP contribution in [0.1, 0.15) is 25.0 Å². The van der Waals surface area contributed by atoms with Crippen LogP contribution >= 0.6 is 0 Å². The predicted molar refractivity (Wildman–Crippen MR) is 109 cm³/mol. The maximum Gasteiger partial charge on any atom is 0.332 e. The van der Waals surface area contributed by atoms with Gasteiger partial charge in [0.05, 0.1) is 0 Å². The van der Waals surface area contributed by atoms with E-state index >= 15 is 0 Å². The van der Waals surface area contributed by atoms with E-state index in [4.69, 9.17) is 4.84 Å². The van der Waals surface area contributed by atoms with Crippen LogP contribution in [-0.2, 0) is 16.2 Å². The number of para-hydroxylation sites is 1. The van der Waals surface area contributed by atoms with Crippen molar-refractivity contribution in [3.63, 3.8) is 0 Å². The lowest BCUT2D eigenvalue weighted by atomic mass is 10.0. The Morgan fingerprint density at radius 2 is 1.59 bits per heavy atom. The van der Waals surface area contributed by atoms with Crippen molar-refractivity contribution in [1.82, 2.24) is 4.57 Å². The maximum atomic E-state index is 11.3. The van der Waals surface area contributed by atoms with Crippen LogP contribution in [0.4, 0.5) is 0 Å². The first-order chi connectivity index (χ1) is 13.2. The minimum Gasteiger partial charge on any atom is -0.341 e. The summed E-state index contributed by atoms with van der Waals surface area (Å²) in [4.78, 5) is 16.3. The number of rotatable bonds is 4. The van der Waals surface area contributed by atoms with Crippen molar-refractivity contribution in [2.24, 2.45) is 5.16 Å². The first-order valence-corrected chi connectivity index (χ1v) is 9.01. The van der Waals surface area contributed by atoms with Crippen LogP contribution < -0.4 is 0 Å². The van der Waals surface area contributed by atoms with Gasteiger partial charge in [0.2, 0.25) is 0 Å². The highest BCUT2D eigenvalue weighted by molar-refractivity contribution is 6.16. The third kappa shape index (κ3) is 3.10. The fraction of sp³-hybridized carbons (Fsp3) is 0.130. The Balaban J connectivity index is 1.94. The third-order valence-corrected chi connectivity index (χ3v) is 4.67. The van der Waals surface area contributed by atoms with Crippen molar-refractivity contribution in [2.45, 2.75) is 20.4 Å². The van der Waals surface area contributed by atoms with Crippen molar-refractivity contribution in [3.05, 3.63) is 83.9 Å². The van der Waals surface area contributed by atoms with E-state index in [0.29, 0.717) is 5.71 Å². The number of carbonyl (C=O) groups is 1. The van der Waals surface area contributed by atoms with E-state index < -0.39 is 5.97 Å². The summed E-state index contributed by atoms with van der Waals surface area (Å²) in [5.74, 6) is -0.438. The number of nitrogens with zero attached hydrogens (tertiary/aromatic N) is 2. The minimum atomic E-state index is -0.438. The first-order valence-electron chi connectivity index (χ1n) is 9.01. The molecule has 0 bridgehead atoms. The molecule has 0 radical (unpaired) electrons. The van der Waals surface area contributed by atoms with Crippen molar-refractivity contribution in [3.8, 4) is 0 Å². The molecule has 27 heavy (non-hydrogen) atoms. The van der Waals surface area contributed by atoms with E-state index in [2.05, 4.69) is 53.0 Å². The van der Waals surface area contributed by atoms with Gasteiger partial charge in [-0.3, -0.25) is 0 Å². The van der Waals surface area contributed by atoms with E-state index in [1.807, 2.05) is 36.4 Å². The van der Waals surface area contributed by atoms with Gasteiger partial charge in [-0.1, -0.05) is 59.8 Å². The van der Waals surface area contributed by atoms with E-state index in [1.54, 1.807) is 0 Å². The number of aromatic nitrogens is 1. The molecule has 1 heterocycles. The van der Waals surface area contributed by atoms with Crippen molar-refractivity contribution >= 4 is 33.5 Å². The first kappa shape index (κ1) is 17.0. The summed E-state index contributed by atoms with van der Waals surface area (Å²) in [6.45, 7) is 4.40. The zero-order valence-corrected chi connectivity index (χ0v) is 15.3. The Bertz CT molecular complexity index is 1160. The zero-order chi connectivity index (χ0) is 18.8. The molecule has 0 aliphatic rings. The molecule has 3 aromatic carbocycles. The fourth-order valence-electron chi connectivity index (χ4n) is 3.52. The Morgan fingerprint density at radius 3 is 2.33 bits per heavy atom. The van der Waals surface area contributed by atoms with E-state index in [9.17, 15) is 4.79 Å². The van der Waals surface area contributed by atoms with Gasteiger partial charge in [-0.2, -0.15) is 0 Å². The lowest BCUT2D eigenvalue weighted by Gasteiger charge is -2.08. The molecular weight excluding hydrogens is 336 g/mol. The summed E-state index contributed by atoms with van der Waals surface area (Å²) < 4.78 is 2.31. The van der Waals surface area contributed by atoms with Gasteiger partial charge in [0.1, 0.15) is 5.71 Å². The van der Waals surface area contributed by atoms with Gasteiger partial charge in [0, 0.05) is 46.4 Å². The van der Waals surface area contributed by atoms with Crippen LogP contribution in [0.15, 0.2) is 78.0 Å². The molecule has 4 nitrogen and oxygen atoms in total. The average Bonchev–Trinajstić information content (AvgIpc) is 3.02. The number of aryl methyl sites for hydroxylation is 1. The van der Waals surface area contributed by atoms with Gasteiger partial charge >= 0.3 is 5.97 Å². The normalized spacial score (nSPS) is 11.9. The summed E-state index contributed by atoms with van der Waals surface area (Å²) in [5.41, 5.74) is 4.85. The molecule has 1 aromatic heterocycles. The number of benzene rings is 3. The van der Waals surface area contributed by atoms with Gasteiger partial charge in [0.15, 0.2) is 0 Å². The van der Waals surface area contributed by atoms with Crippen LogP contribution in [0.5, 0.6) is 0 Å². The number of fused-ring (bicyclic) bond motifs is 3. The molecule has 4 aromatic rings. The monoisotopic (exact) mass is 356 g/mol. The Morgan fingerprint density at radius 1 is 0.889 bits per heavy atom. The molecule has 0 saturated heterocycles. The summed E-state index contributed by atoms with van der Waals surface area (Å²) >= 11 is 0. The van der Waals surface area contributed by atoms with Crippen LogP contribution in [0.25, 0.3) is 21.8 Å². The van der Waals surface area contributed by atoms with Crippen molar-refractivity contribution < 1.29 is 9.63 Å². The summed E-state index contributed by atoms with van der Waals surface area (Å²) in [7, 11) is 0. The van der Waals surface area contributed by atoms with E-state index in [0.717, 1.165) is 23.1 Å². The second kappa shape index (κ2) is 7.08. The highest BCUT2D eigenvalue weighted by Crippen LogP contribution is 2.30. The number of carbonyl (C=O) groups excluding carboxylic acids is 1. The second-order valence-electron chi connectivity index (χ2n) is 6.38. The molecule has 0 saturated carbocycles. The molecule has 0 fully saturated rings. The van der Waals surface area contributed by atoms with Crippen LogP contribution in [-0.4, -0.2) is 16.2 Å². The molecule has 0 aliphatic heterocycles. The lowest BCUT2D eigenvalue weighted by Crippen LogP contribution is -2.06. The minimum absolute atomic E-state index is 0.438. The number of hydrogen-bond acceptors (Lipinski definition) is 3. The zero-order valence-electron chi connectivity index (χ0n) is 15.3. The molecule has 4 rings (SSSR count). The smallest absolute Gasteiger partial charge is 0.332 e. The van der Waals surface area contributed by atoms with Crippen LogP contribution in [0.2, 0.25) is 0 Å². The van der Waals surface area contributed by atoms with Crippen molar-refractivity contribution in [2.75, 3.05) is 0 Å². The third-order valence-electron chi connectivity index (χ3n) is 4.67. The Kier molecular flexibility index (Phi) is 4.47. The SMILES string of the molecule is CCn1c2ccccc2c2cc(C(=NOC(C)=O)c3ccccc3)ccc21. The Labute approximate surface area is 157 Å². The highest BCUT2D eigenvalue weighted by atomic mass is 16.7. The maximum absolute atomic E-state index is 11.3. The summed E-state index contributed by atoms with van der Waals surface area (Å²) in [6.07, 6.45) is 0. The average molecular weight is 356 g/mol. The molecule has 4 heteroatoms. The molecule has 0 N–H and O–H groups in total. The van der Waals surface area contributed by atoms with E-state index in [-0.39, 0.29) is 0 Å². The fourth-order valence-corrected chi connectivity index (χ4v) is 3.52. The molecule has 0 amide bonds. The lowest BCUT2D eigenvalue weighted by molar-refractivity contribution is -0.140. The van der Waals surface area contributed by atoms with E-state index in [1.165, 1.54) is 23.3 Å². The second-order valence-corrected chi connectivity index (χ2v) is 6.38. The predicted octanol–water partition coefficient (Wildman–Crippen LogP) is 5.13. The quantitative estimate of drug-likeness (QED) is 0.289. The Hall–Kier alpha value is -3.40. The van der Waals surface area contributed by atoms with Crippen molar-refractivity contribution in [1.29, 1.82) is 0 Å². The standard InChI is InChI=1S/C23H20N2O2/c1-3-25-21-12-8-7-11-19(21)20-15-18(13-14-22(20)25)23(24-27-16(2)26)17-9-5-4-6-10-17/h4-15H,3H2,1-2H3. The molecule has 0 spiro atoms. The van der Waals surface area contributed by atoms with Gasteiger partial charge in [-0.05, 0) is 25.1 Å². The molecule has 0 unspecified atom stereocenters. The van der Waals surface area contributed by atoms with Gasteiger partial charge in [-0.15, -0.1) is 0 Å². The van der Waals surface area contributed by atoms with Gasteiger partial charge in [0.25, 0.3) is 0 Å². The van der Waals surface area contributed by atoms with Crippen LogP contribution in [0.3, 0.4) is 0 Å². The molecule has 0 atom stereocenters. The molecular formula is C23H20N2O2. The largest absolute Gasteiger partial charge is 0.341 e.